The van der Waals surface area contributed by atoms with E-state index in [1.54, 1.807) is 37.6 Å². The van der Waals surface area contributed by atoms with E-state index in [2.05, 4.69) is 20.2 Å². The highest BCUT2D eigenvalue weighted by Crippen LogP contribution is 2.19. The van der Waals surface area contributed by atoms with Crippen molar-refractivity contribution in [3.05, 3.63) is 60.4 Å². The number of hydrogen-bond acceptors (Lipinski definition) is 6. The first-order chi connectivity index (χ1) is 14.6. The van der Waals surface area contributed by atoms with Crippen molar-refractivity contribution in [1.29, 1.82) is 0 Å². The van der Waals surface area contributed by atoms with E-state index in [9.17, 15) is 9.59 Å². The van der Waals surface area contributed by atoms with Gasteiger partial charge in [-0.05, 0) is 42.5 Å². The molecule has 0 spiro atoms. The molecular formula is C22H23N5O3. The van der Waals surface area contributed by atoms with Crippen molar-refractivity contribution < 1.29 is 14.3 Å². The Morgan fingerprint density at radius 1 is 1.03 bits per heavy atom. The van der Waals surface area contributed by atoms with Crippen molar-refractivity contribution >= 4 is 34.2 Å². The van der Waals surface area contributed by atoms with E-state index in [0.717, 1.165) is 37.5 Å². The smallest absolute Gasteiger partial charge is 0.254 e. The van der Waals surface area contributed by atoms with Gasteiger partial charge in [0, 0.05) is 49.5 Å². The lowest BCUT2D eigenvalue weighted by molar-refractivity contribution is -0.116. The number of amides is 2. The molecule has 1 saturated heterocycles. The van der Waals surface area contributed by atoms with Gasteiger partial charge in [-0.25, -0.2) is 0 Å². The van der Waals surface area contributed by atoms with Gasteiger partial charge in [0.05, 0.1) is 30.8 Å². The molecule has 1 N–H and O–H groups in total. The highest BCUT2D eigenvalue weighted by Gasteiger charge is 2.16. The second-order valence-corrected chi connectivity index (χ2v) is 7.12. The molecule has 0 unspecified atom stereocenters. The van der Waals surface area contributed by atoms with E-state index < -0.39 is 0 Å². The molecule has 1 fully saturated rings. The van der Waals surface area contributed by atoms with E-state index in [1.165, 1.54) is 4.90 Å². The summed E-state index contributed by atoms with van der Waals surface area (Å²) in [5, 5.41) is 2.84. The molecule has 0 aliphatic carbocycles. The van der Waals surface area contributed by atoms with Crippen molar-refractivity contribution in [1.82, 2.24) is 14.9 Å². The Hall–Kier alpha value is -3.52. The minimum absolute atomic E-state index is 0.0530. The van der Waals surface area contributed by atoms with Crippen molar-refractivity contribution in [2.24, 2.45) is 0 Å². The van der Waals surface area contributed by atoms with Gasteiger partial charge in [0.1, 0.15) is 0 Å². The standard InChI is InChI=1S/C22H23N5O3/c1-26(22(29)16-2-7-19-20(14-16)24-9-8-23-19)15-21(28)25-17-3-5-18(6-4-17)27-10-12-30-13-11-27/h2-9,14H,10-13,15H2,1H3,(H,25,28). The van der Waals surface area contributed by atoms with E-state index in [4.69, 9.17) is 4.74 Å². The number of ether oxygens (including phenoxy) is 1. The van der Waals surface area contributed by atoms with Gasteiger partial charge in [-0.3, -0.25) is 19.6 Å². The first-order valence-corrected chi connectivity index (χ1v) is 9.79. The average molecular weight is 405 g/mol. The number of likely N-dealkylation sites (N-methyl/N-ethyl adjacent to an activating group) is 1. The molecule has 1 aromatic heterocycles. The molecule has 2 amide bonds. The van der Waals surface area contributed by atoms with E-state index in [0.29, 0.717) is 16.8 Å². The van der Waals surface area contributed by atoms with Crippen molar-refractivity contribution in [2.45, 2.75) is 0 Å². The van der Waals surface area contributed by atoms with Crippen LogP contribution in [0.1, 0.15) is 10.4 Å². The molecule has 8 nitrogen and oxygen atoms in total. The summed E-state index contributed by atoms with van der Waals surface area (Å²) in [6, 6.07) is 12.8. The maximum atomic E-state index is 12.7. The summed E-state index contributed by atoms with van der Waals surface area (Å²) in [4.78, 5) is 37.1. The van der Waals surface area contributed by atoms with Gasteiger partial charge in [0.2, 0.25) is 5.91 Å². The third-order valence-corrected chi connectivity index (χ3v) is 4.97. The van der Waals surface area contributed by atoms with Gasteiger partial charge < -0.3 is 19.9 Å². The normalized spacial score (nSPS) is 13.8. The zero-order valence-corrected chi connectivity index (χ0v) is 16.7. The Balaban J connectivity index is 1.35. The molecule has 0 atom stereocenters. The summed E-state index contributed by atoms with van der Waals surface area (Å²) in [5.74, 6) is -0.508. The Bertz CT molecular complexity index is 1050. The largest absolute Gasteiger partial charge is 0.378 e. The van der Waals surface area contributed by atoms with Crippen LogP contribution in [0.3, 0.4) is 0 Å². The van der Waals surface area contributed by atoms with E-state index in [-0.39, 0.29) is 18.4 Å². The quantitative estimate of drug-likeness (QED) is 0.700. The minimum Gasteiger partial charge on any atom is -0.378 e. The summed E-state index contributed by atoms with van der Waals surface area (Å²) in [7, 11) is 1.60. The third kappa shape index (κ3) is 4.55. The number of benzene rings is 2. The van der Waals surface area contributed by atoms with Crippen LogP contribution in [-0.4, -0.2) is 66.6 Å². The third-order valence-electron chi connectivity index (χ3n) is 4.97. The average Bonchev–Trinajstić information content (AvgIpc) is 2.79. The van der Waals surface area contributed by atoms with E-state index >= 15 is 0 Å². The topological polar surface area (TPSA) is 87.7 Å². The highest BCUT2D eigenvalue weighted by atomic mass is 16.5. The summed E-state index contributed by atoms with van der Waals surface area (Å²) in [5.41, 5.74) is 3.62. The molecule has 4 rings (SSSR count). The monoisotopic (exact) mass is 405 g/mol. The van der Waals surface area contributed by atoms with Crippen LogP contribution in [-0.2, 0) is 9.53 Å². The predicted molar refractivity (Wildman–Crippen MR) is 115 cm³/mol. The number of hydrogen-bond donors (Lipinski definition) is 1. The number of morpholine rings is 1. The molecule has 0 saturated carbocycles. The maximum Gasteiger partial charge on any atom is 0.254 e. The Labute approximate surface area is 174 Å². The van der Waals surface area contributed by atoms with Crippen LogP contribution in [0.4, 0.5) is 11.4 Å². The molecule has 30 heavy (non-hydrogen) atoms. The zero-order chi connectivity index (χ0) is 20.9. The van der Waals surface area contributed by atoms with E-state index in [1.807, 2.05) is 24.3 Å². The molecule has 2 aromatic carbocycles. The molecule has 154 valence electrons. The number of fused-ring (bicyclic) bond motifs is 1. The lowest BCUT2D eigenvalue weighted by atomic mass is 10.1. The fraction of sp³-hybridized carbons (Fsp3) is 0.273. The number of carbonyl (C=O) groups excluding carboxylic acids is 2. The molecule has 0 radical (unpaired) electrons. The van der Waals surface area contributed by atoms with Crippen LogP contribution in [0.5, 0.6) is 0 Å². The highest BCUT2D eigenvalue weighted by molar-refractivity contribution is 6.00. The molecular weight excluding hydrogens is 382 g/mol. The summed E-state index contributed by atoms with van der Waals surface area (Å²) < 4.78 is 5.37. The number of rotatable bonds is 5. The SMILES string of the molecule is CN(CC(=O)Nc1ccc(N2CCOCC2)cc1)C(=O)c1ccc2nccnc2c1. The van der Waals surface area contributed by atoms with Gasteiger partial charge in [0.15, 0.2) is 0 Å². The van der Waals surface area contributed by atoms with Gasteiger partial charge >= 0.3 is 0 Å². The first-order valence-electron chi connectivity index (χ1n) is 9.79. The molecule has 3 aromatic rings. The van der Waals surface area contributed by atoms with Gasteiger partial charge in [0.25, 0.3) is 5.91 Å². The Kier molecular flexibility index (Phi) is 5.85. The van der Waals surface area contributed by atoms with Crippen LogP contribution < -0.4 is 10.2 Å². The number of aromatic nitrogens is 2. The van der Waals surface area contributed by atoms with Crippen molar-refractivity contribution in [2.75, 3.05) is 50.1 Å². The van der Waals surface area contributed by atoms with Crippen LogP contribution in [0.2, 0.25) is 0 Å². The van der Waals surface area contributed by atoms with Crippen molar-refractivity contribution in [3.8, 4) is 0 Å². The fourth-order valence-electron chi connectivity index (χ4n) is 3.38. The fourth-order valence-corrected chi connectivity index (χ4v) is 3.38. The zero-order valence-electron chi connectivity index (χ0n) is 16.7. The number of nitrogens with zero attached hydrogens (tertiary/aromatic N) is 4. The van der Waals surface area contributed by atoms with Crippen LogP contribution in [0, 0.1) is 0 Å². The molecule has 0 bridgehead atoms. The summed E-state index contributed by atoms with van der Waals surface area (Å²) in [6.07, 6.45) is 3.19. The molecule has 1 aliphatic heterocycles. The van der Waals surface area contributed by atoms with Crippen molar-refractivity contribution in [3.63, 3.8) is 0 Å². The summed E-state index contributed by atoms with van der Waals surface area (Å²) >= 11 is 0. The first kappa shape index (κ1) is 19.8. The molecule has 2 heterocycles. The summed E-state index contributed by atoms with van der Waals surface area (Å²) in [6.45, 7) is 3.12. The second-order valence-electron chi connectivity index (χ2n) is 7.12. The number of nitrogens with one attached hydrogen (secondary N) is 1. The maximum absolute atomic E-state index is 12.7. The lowest BCUT2D eigenvalue weighted by Gasteiger charge is -2.28. The Morgan fingerprint density at radius 3 is 2.47 bits per heavy atom. The van der Waals surface area contributed by atoms with Gasteiger partial charge in [-0.1, -0.05) is 0 Å². The predicted octanol–water partition coefficient (Wildman–Crippen LogP) is 2.18. The lowest BCUT2D eigenvalue weighted by Crippen LogP contribution is -2.36. The van der Waals surface area contributed by atoms with Crippen LogP contribution >= 0.6 is 0 Å². The Morgan fingerprint density at radius 2 is 1.73 bits per heavy atom. The van der Waals surface area contributed by atoms with Crippen LogP contribution in [0.15, 0.2) is 54.9 Å². The number of anilines is 2. The molecule has 8 heteroatoms. The van der Waals surface area contributed by atoms with Crippen LogP contribution in [0.25, 0.3) is 11.0 Å². The number of carbonyl (C=O) groups is 2. The second kappa shape index (κ2) is 8.87. The van der Waals surface area contributed by atoms with Gasteiger partial charge in [-0.15, -0.1) is 0 Å². The minimum atomic E-state index is -0.259. The van der Waals surface area contributed by atoms with Gasteiger partial charge in [-0.2, -0.15) is 0 Å². The molecule has 1 aliphatic rings.